The Labute approximate surface area is 109 Å². The minimum atomic E-state index is 0.959. The first kappa shape index (κ1) is 12.4. The zero-order valence-electron chi connectivity index (χ0n) is 10.8. The summed E-state index contributed by atoms with van der Waals surface area (Å²) in [5.41, 5.74) is 2.58. The molecule has 0 aliphatic rings. The highest BCUT2D eigenvalue weighted by Crippen LogP contribution is 2.07. The van der Waals surface area contributed by atoms with E-state index in [2.05, 4.69) is 78.7 Å². The summed E-state index contributed by atoms with van der Waals surface area (Å²) in [6.45, 7) is 4.15. The molecule has 1 heteroatoms. The highest BCUT2D eigenvalue weighted by atomic mass is 15.1. The van der Waals surface area contributed by atoms with Crippen LogP contribution in [0.15, 0.2) is 66.9 Å². The molecule has 0 saturated heterocycles. The van der Waals surface area contributed by atoms with Crippen molar-refractivity contribution >= 4 is 6.08 Å². The summed E-state index contributed by atoms with van der Waals surface area (Å²) >= 11 is 0. The third-order valence-electron chi connectivity index (χ3n) is 2.91. The number of benzene rings is 2. The van der Waals surface area contributed by atoms with Crippen LogP contribution in [0.3, 0.4) is 0 Å². The molecule has 0 saturated carbocycles. The Hall–Kier alpha value is -2.02. The van der Waals surface area contributed by atoms with Gasteiger partial charge in [0.25, 0.3) is 0 Å². The van der Waals surface area contributed by atoms with Gasteiger partial charge < -0.3 is 4.90 Å². The molecule has 0 heterocycles. The van der Waals surface area contributed by atoms with E-state index in [-0.39, 0.29) is 0 Å². The van der Waals surface area contributed by atoms with Crippen LogP contribution in [0.5, 0.6) is 0 Å². The summed E-state index contributed by atoms with van der Waals surface area (Å²) in [7, 11) is 0. The Morgan fingerprint density at radius 2 is 1.50 bits per heavy atom. The minimum absolute atomic E-state index is 0.959. The van der Waals surface area contributed by atoms with Gasteiger partial charge in [-0.2, -0.15) is 0 Å². The maximum absolute atomic E-state index is 2.31. The smallest absolute Gasteiger partial charge is 0.0423 e. The van der Waals surface area contributed by atoms with E-state index in [0.717, 1.165) is 13.1 Å². The second-order valence-corrected chi connectivity index (χ2v) is 4.28. The van der Waals surface area contributed by atoms with E-state index in [1.165, 1.54) is 11.1 Å². The molecule has 0 aliphatic carbocycles. The molecular formula is C17H19N. The second-order valence-electron chi connectivity index (χ2n) is 4.28. The Kier molecular flexibility index (Phi) is 4.60. The van der Waals surface area contributed by atoms with Gasteiger partial charge in [0.1, 0.15) is 0 Å². The molecule has 2 aromatic carbocycles. The van der Waals surface area contributed by atoms with E-state index in [1.54, 1.807) is 0 Å². The molecule has 0 spiro atoms. The molecule has 0 unspecified atom stereocenters. The quantitative estimate of drug-likeness (QED) is 0.754. The average Bonchev–Trinajstić information content (AvgIpc) is 2.45. The van der Waals surface area contributed by atoms with Crippen molar-refractivity contribution in [1.29, 1.82) is 0 Å². The second kappa shape index (κ2) is 6.65. The monoisotopic (exact) mass is 237 g/mol. The van der Waals surface area contributed by atoms with Gasteiger partial charge in [0.15, 0.2) is 0 Å². The van der Waals surface area contributed by atoms with Crippen LogP contribution in [0.2, 0.25) is 0 Å². The Bertz CT molecular complexity index is 473. The first-order valence-corrected chi connectivity index (χ1v) is 6.39. The zero-order chi connectivity index (χ0) is 12.6. The fourth-order valence-corrected chi connectivity index (χ4v) is 1.84. The molecule has 2 rings (SSSR count). The SMILES string of the molecule is CCN(C=Cc1ccccc1)Cc1ccccc1. The van der Waals surface area contributed by atoms with Gasteiger partial charge in [0.2, 0.25) is 0 Å². The largest absolute Gasteiger partial charge is 0.373 e. The molecule has 2 aromatic rings. The van der Waals surface area contributed by atoms with E-state index in [4.69, 9.17) is 0 Å². The van der Waals surface area contributed by atoms with Crippen molar-refractivity contribution in [3.8, 4) is 0 Å². The molecular weight excluding hydrogens is 218 g/mol. The Morgan fingerprint density at radius 3 is 2.11 bits per heavy atom. The van der Waals surface area contributed by atoms with E-state index >= 15 is 0 Å². The highest BCUT2D eigenvalue weighted by molar-refractivity contribution is 5.48. The minimum Gasteiger partial charge on any atom is -0.373 e. The molecule has 0 aliphatic heterocycles. The van der Waals surface area contributed by atoms with Crippen LogP contribution >= 0.6 is 0 Å². The normalized spacial score (nSPS) is 10.7. The van der Waals surface area contributed by atoms with E-state index in [0.29, 0.717) is 0 Å². The highest BCUT2D eigenvalue weighted by Gasteiger charge is 1.97. The number of hydrogen-bond acceptors (Lipinski definition) is 1. The van der Waals surface area contributed by atoms with Gasteiger partial charge in [0.05, 0.1) is 0 Å². The predicted octanol–water partition coefficient (Wildman–Crippen LogP) is 4.18. The van der Waals surface area contributed by atoms with E-state index in [9.17, 15) is 0 Å². The predicted molar refractivity (Wildman–Crippen MR) is 78.0 cm³/mol. The maximum Gasteiger partial charge on any atom is 0.0423 e. The zero-order valence-corrected chi connectivity index (χ0v) is 10.8. The fraction of sp³-hybridized carbons (Fsp3) is 0.176. The lowest BCUT2D eigenvalue weighted by Crippen LogP contribution is -2.15. The van der Waals surface area contributed by atoms with Crippen LogP contribution in [-0.4, -0.2) is 11.4 Å². The summed E-state index contributed by atoms with van der Waals surface area (Å²) in [5, 5.41) is 0. The lowest BCUT2D eigenvalue weighted by Gasteiger charge is -2.18. The first-order valence-electron chi connectivity index (χ1n) is 6.39. The van der Waals surface area contributed by atoms with Crippen LogP contribution in [0.1, 0.15) is 18.1 Å². The molecule has 0 bridgehead atoms. The molecule has 0 radical (unpaired) electrons. The molecule has 0 N–H and O–H groups in total. The topological polar surface area (TPSA) is 3.24 Å². The maximum atomic E-state index is 2.31. The average molecular weight is 237 g/mol. The summed E-state index contributed by atoms with van der Waals surface area (Å²) in [4.78, 5) is 2.31. The molecule has 0 aromatic heterocycles. The van der Waals surface area contributed by atoms with E-state index in [1.807, 2.05) is 6.07 Å². The van der Waals surface area contributed by atoms with Crippen molar-refractivity contribution in [1.82, 2.24) is 4.90 Å². The van der Waals surface area contributed by atoms with Gasteiger partial charge in [-0.15, -0.1) is 0 Å². The van der Waals surface area contributed by atoms with Gasteiger partial charge in [-0.05, 0) is 30.3 Å². The van der Waals surface area contributed by atoms with Gasteiger partial charge in [0, 0.05) is 13.1 Å². The van der Waals surface area contributed by atoms with Crippen molar-refractivity contribution in [2.24, 2.45) is 0 Å². The third-order valence-corrected chi connectivity index (χ3v) is 2.91. The number of rotatable bonds is 5. The van der Waals surface area contributed by atoms with Gasteiger partial charge in [-0.25, -0.2) is 0 Å². The first-order chi connectivity index (χ1) is 8.88. The van der Waals surface area contributed by atoms with Crippen LogP contribution in [0, 0.1) is 0 Å². The van der Waals surface area contributed by atoms with Gasteiger partial charge in [-0.3, -0.25) is 0 Å². The number of hydrogen-bond donors (Lipinski definition) is 0. The van der Waals surface area contributed by atoms with Crippen molar-refractivity contribution in [2.45, 2.75) is 13.5 Å². The van der Waals surface area contributed by atoms with Crippen LogP contribution < -0.4 is 0 Å². The molecule has 0 amide bonds. The standard InChI is InChI=1S/C17H19N/c1-2-18(15-17-11-7-4-8-12-17)14-13-16-9-5-3-6-10-16/h3-14H,2,15H2,1H3. The Balaban J connectivity index is 2.00. The summed E-state index contributed by atoms with van der Waals surface area (Å²) < 4.78 is 0. The summed E-state index contributed by atoms with van der Waals surface area (Å²) in [6, 6.07) is 21.0. The summed E-state index contributed by atoms with van der Waals surface area (Å²) in [5.74, 6) is 0. The molecule has 0 fully saturated rings. The van der Waals surface area contributed by atoms with Crippen molar-refractivity contribution in [3.05, 3.63) is 78.0 Å². The molecule has 1 nitrogen and oxygen atoms in total. The van der Waals surface area contributed by atoms with Gasteiger partial charge in [-0.1, -0.05) is 60.7 Å². The lowest BCUT2D eigenvalue weighted by atomic mass is 10.2. The van der Waals surface area contributed by atoms with Gasteiger partial charge >= 0.3 is 0 Å². The van der Waals surface area contributed by atoms with Crippen molar-refractivity contribution in [2.75, 3.05) is 6.54 Å². The van der Waals surface area contributed by atoms with Crippen molar-refractivity contribution < 1.29 is 0 Å². The van der Waals surface area contributed by atoms with E-state index < -0.39 is 0 Å². The molecule has 92 valence electrons. The lowest BCUT2D eigenvalue weighted by molar-refractivity contribution is 0.392. The Morgan fingerprint density at radius 1 is 0.889 bits per heavy atom. The third kappa shape index (κ3) is 3.77. The van der Waals surface area contributed by atoms with Crippen molar-refractivity contribution in [3.63, 3.8) is 0 Å². The fourth-order valence-electron chi connectivity index (χ4n) is 1.84. The van der Waals surface area contributed by atoms with Crippen LogP contribution in [0.4, 0.5) is 0 Å². The van der Waals surface area contributed by atoms with Crippen LogP contribution in [-0.2, 0) is 6.54 Å². The van der Waals surface area contributed by atoms with Crippen LogP contribution in [0.25, 0.3) is 6.08 Å². The number of nitrogens with zero attached hydrogens (tertiary/aromatic N) is 1. The molecule has 18 heavy (non-hydrogen) atoms. The summed E-state index contributed by atoms with van der Waals surface area (Å²) in [6.07, 6.45) is 4.33. The molecule has 0 atom stereocenters.